The first-order chi connectivity index (χ1) is 8.66. The van der Waals surface area contributed by atoms with E-state index in [0.717, 1.165) is 18.5 Å². The van der Waals surface area contributed by atoms with E-state index < -0.39 is 0 Å². The Labute approximate surface area is 109 Å². The van der Waals surface area contributed by atoms with Gasteiger partial charge < -0.3 is 10.1 Å². The summed E-state index contributed by atoms with van der Waals surface area (Å²) in [6.07, 6.45) is 1.66. The highest BCUT2D eigenvalue weighted by atomic mass is 16.5. The highest BCUT2D eigenvalue weighted by Crippen LogP contribution is 2.21. The van der Waals surface area contributed by atoms with Gasteiger partial charge in [0.1, 0.15) is 0 Å². The maximum atomic E-state index is 12.1. The zero-order valence-corrected chi connectivity index (χ0v) is 11.1. The molecule has 0 aromatic heterocycles. The topological polar surface area (TPSA) is 38.3 Å². The first kappa shape index (κ1) is 13.1. The Morgan fingerprint density at radius 2 is 2.06 bits per heavy atom. The summed E-state index contributed by atoms with van der Waals surface area (Å²) in [5.41, 5.74) is 2.15. The van der Waals surface area contributed by atoms with Gasteiger partial charge in [-0.2, -0.15) is 0 Å². The molecule has 1 saturated heterocycles. The van der Waals surface area contributed by atoms with Gasteiger partial charge in [0, 0.05) is 24.8 Å². The second-order valence-electron chi connectivity index (χ2n) is 5.16. The number of anilines is 1. The molecule has 18 heavy (non-hydrogen) atoms. The van der Waals surface area contributed by atoms with Crippen molar-refractivity contribution in [3.63, 3.8) is 0 Å². The van der Waals surface area contributed by atoms with Gasteiger partial charge in [0.15, 0.2) is 0 Å². The molecule has 0 saturated carbocycles. The number of ether oxygens (including phenoxy) is 1. The van der Waals surface area contributed by atoms with E-state index >= 15 is 0 Å². The van der Waals surface area contributed by atoms with Gasteiger partial charge in [-0.3, -0.25) is 4.79 Å². The van der Waals surface area contributed by atoms with Crippen LogP contribution in [0.1, 0.15) is 38.2 Å². The lowest BCUT2D eigenvalue weighted by atomic mass is 9.99. The summed E-state index contributed by atoms with van der Waals surface area (Å²) in [4.78, 5) is 12.1. The molecule has 98 valence electrons. The van der Waals surface area contributed by atoms with Gasteiger partial charge in [0.25, 0.3) is 0 Å². The summed E-state index contributed by atoms with van der Waals surface area (Å²) in [6.45, 7) is 5.70. The highest BCUT2D eigenvalue weighted by Gasteiger charge is 2.21. The number of nitrogens with one attached hydrogen (secondary N) is 1. The van der Waals surface area contributed by atoms with E-state index in [1.54, 1.807) is 0 Å². The van der Waals surface area contributed by atoms with Gasteiger partial charge in [-0.05, 0) is 36.5 Å². The van der Waals surface area contributed by atoms with Crippen LogP contribution in [0.5, 0.6) is 0 Å². The van der Waals surface area contributed by atoms with Crippen LogP contribution in [-0.4, -0.2) is 19.1 Å². The minimum absolute atomic E-state index is 0.0986. The molecule has 0 aliphatic carbocycles. The molecule has 1 amide bonds. The van der Waals surface area contributed by atoms with Crippen molar-refractivity contribution in [1.82, 2.24) is 0 Å². The summed E-state index contributed by atoms with van der Waals surface area (Å²) in [5.74, 6) is 0.700. The largest absolute Gasteiger partial charge is 0.381 e. The fraction of sp³-hybridized carbons (Fsp3) is 0.533. The second-order valence-corrected chi connectivity index (χ2v) is 5.16. The fourth-order valence-corrected chi connectivity index (χ4v) is 2.18. The predicted octanol–water partition coefficient (Wildman–Crippen LogP) is 3.18. The van der Waals surface area contributed by atoms with Crippen molar-refractivity contribution in [2.45, 2.75) is 32.6 Å². The van der Waals surface area contributed by atoms with E-state index in [9.17, 15) is 4.79 Å². The van der Waals surface area contributed by atoms with Crippen molar-refractivity contribution in [3.8, 4) is 0 Å². The maximum Gasteiger partial charge on any atom is 0.227 e. The normalized spacial score (nSPS) is 16.8. The lowest BCUT2D eigenvalue weighted by molar-refractivity contribution is -0.122. The van der Waals surface area contributed by atoms with Crippen LogP contribution >= 0.6 is 0 Å². The number of rotatable bonds is 3. The molecule has 1 fully saturated rings. The van der Waals surface area contributed by atoms with E-state index in [2.05, 4.69) is 31.3 Å². The Morgan fingerprint density at radius 1 is 1.33 bits per heavy atom. The molecule has 1 aromatic carbocycles. The van der Waals surface area contributed by atoms with Gasteiger partial charge >= 0.3 is 0 Å². The molecule has 0 spiro atoms. The molecule has 3 heteroatoms. The molecular formula is C15H21NO2. The van der Waals surface area contributed by atoms with Crippen molar-refractivity contribution < 1.29 is 9.53 Å². The van der Waals surface area contributed by atoms with Crippen LogP contribution in [0.2, 0.25) is 0 Å². The van der Waals surface area contributed by atoms with Crippen molar-refractivity contribution >= 4 is 11.6 Å². The Hall–Kier alpha value is -1.35. The van der Waals surface area contributed by atoms with Crippen molar-refractivity contribution in [2.24, 2.45) is 5.92 Å². The van der Waals surface area contributed by atoms with Gasteiger partial charge in [0.05, 0.1) is 0 Å². The molecule has 1 aliphatic rings. The third-order valence-electron chi connectivity index (χ3n) is 3.41. The summed E-state index contributed by atoms with van der Waals surface area (Å²) in [7, 11) is 0. The highest BCUT2D eigenvalue weighted by molar-refractivity contribution is 5.92. The number of benzene rings is 1. The average molecular weight is 247 g/mol. The smallest absolute Gasteiger partial charge is 0.227 e. The third-order valence-corrected chi connectivity index (χ3v) is 3.41. The maximum absolute atomic E-state index is 12.1. The molecule has 2 rings (SSSR count). The van der Waals surface area contributed by atoms with E-state index in [1.165, 1.54) is 5.56 Å². The molecule has 0 atom stereocenters. The monoisotopic (exact) mass is 247 g/mol. The van der Waals surface area contributed by atoms with Crippen molar-refractivity contribution in [1.29, 1.82) is 0 Å². The molecule has 1 aliphatic heterocycles. The minimum atomic E-state index is 0.0986. The summed E-state index contributed by atoms with van der Waals surface area (Å²) >= 11 is 0. The molecule has 1 N–H and O–H groups in total. The predicted molar refractivity (Wildman–Crippen MR) is 72.7 cm³/mol. The Kier molecular flexibility index (Phi) is 4.37. The van der Waals surface area contributed by atoms with Crippen molar-refractivity contribution in [3.05, 3.63) is 29.8 Å². The average Bonchev–Trinajstić information content (AvgIpc) is 2.40. The van der Waals surface area contributed by atoms with Crippen LogP contribution in [0.4, 0.5) is 5.69 Å². The fourth-order valence-electron chi connectivity index (χ4n) is 2.18. The number of hydrogen-bond donors (Lipinski definition) is 1. The van der Waals surface area contributed by atoms with E-state index in [1.807, 2.05) is 12.1 Å². The SMILES string of the molecule is CC(C)c1cccc(NC(=O)C2CCOCC2)c1. The van der Waals surface area contributed by atoms with Crippen LogP contribution in [0, 0.1) is 5.92 Å². The lowest BCUT2D eigenvalue weighted by Gasteiger charge is -2.21. The molecule has 0 bridgehead atoms. The molecule has 3 nitrogen and oxygen atoms in total. The molecule has 1 heterocycles. The summed E-state index contributed by atoms with van der Waals surface area (Å²) in [5, 5.41) is 3.01. The zero-order chi connectivity index (χ0) is 13.0. The Bertz CT molecular complexity index is 409. The lowest BCUT2D eigenvalue weighted by Crippen LogP contribution is -2.28. The standard InChI is InChI=1S/C15H21NO2/c1-11(2)13-4-3-5-14(10-13)16-15(17)12-6-8-18-9-7-12/h3-5,10-12H,6-9H2,1-2H3,(H,16,17). The quantitative estimate of drug-likeness (QED) is 0.891. The van der Waals surface area contributed by atoms with Gasteiger partial charge in [-0.15, -0.1) is 0 Å². The van der Waals surface area contributed by atoms with Crippen molar-refractivity contribution in [2.75, 3.05) is 18.5 Å². The molecular weight excluding hydrogens is 226 g/mol. The van der Waals surface area contributed by atoms with Crippen LogP contribution < -0.4 is 5.32 Å². The van der Waals surface area contributed by atoms with Gasteiger partial charge in [-0.1, -0.05) is 26.0 Å². The molecule has 0 radical (unpaired) electrons. The first-order valence-electron chi connectivity index (χ1n) is 6.65. The molecule has 0 unspecified atom stereocenters. The minimum Gasteiger partial charge on any atom is -0.381 e. The van der Waals surface area contributed by atoms with E-state index in [4.69, 9.17) is 4.74 Å². The van der Waals surface area contributed by atoms with Crippen LogP contribution in [0.3, 0.4) is 0 Å². The van der Waals surface area contributed by atoms with Crippen LogP contribution in [0.25, 0.3) is 0 Å². The molecule has 1 aromatic rings. The van der Waals surface area contributed by atoms with E-state index in [-0.39, 0.29) is 11.8 Å². The van der Waals surface area contributed by atoms with Crippen LogP contribution in [-0.2, 0) is 9.53 Å². The second kappa shape index (κ2) is 6.01. The van der Waals surface area contributed by atoms with Gasteiger partial charge in [0.2, 0.25) is 5.91 Å². The summed E-state index contributed by atoms with van der Waals surface area (Å²) < 4.78 is 5.27. The number of carbonyl (C=O) groups excluding carboxylic acids is 1. The first-order valence-corrected chi connectivity index (χ1v) is 6.65. The number of carbonyl (C=O) groups is 1. The van der Waals surface area contributed by atoms with E-state index in [0.29, 0.717) is 19.1 Å². The Morgan fingerprint density at radius 3 is 2.72 bits per heavy atom. The third kappa shape index (κ3) is 3.33. The van der Waals surface area contributed by atoms with Gasteiger partial charge in [-0.25, -0.2) is 0 Å². The number of amides is 1. The Balaban J connectivity index is 1.99. The van der Waals surface area contributed by atoms with Crippen LogP contribution in [0.15, 0.2) is 24.3 Å². The zero-order valence-electron chi connectivity index (χ0n) is 11.1. The number of hydrogen-bond acceptors (Lipinski definition) is 2. The summed E-state index contributed by atoms with van der Waals surface area (Å²) in [6, 6.07) is 8.09.